The highest BCUT2D eigenvalue weighted by Crippen LogP contribution is 2.16. The average molecular weight is 258 g/mol. The van der Waals surface area contributed by atoms with Gasteiger partial charge in [0.2, 0.25) is 11.8 Å². The van der Waals surface area contributed by atoms with Crippen LogP contribution in [-0.4, -0.2) is 41.3 Å². The SMILES string of the molecule is CCCC1C(=O)NC(=O)N(CCCSC)C1=O. The standard InChI is InChI=1S/C11H18N2O3S/c1-3-5-8-9(14)12-11(16)13(10(8)15)6-4-7-17-2/h8H,3-7H2,1-2H3,(H,12,14,16). The lowest BCUT2D eigenvalue weighted by Crippen LogP contribution is -2.58. The van der Waals surface area contributed by atoms with Gasteiger partial charge in [-0.2, -0.15) is 11.8 Å². The van der Waals surface area contributed by atoms with E-state index in [1.165, 1.54) is 0 Å². The summed E-state index contributed by atoms with van der Waals surface area (Å²) in [5.41, 5.74) is 0. The molecule has 5 nitrogen and oxygen atoms in total. The highest BCUT2D eigenvalue weighted by atomic mass is 32.2. The topological polar surface area (TPSA) is 66.5 Å². The van der Waals surface area contributed by atoms with E-state index in [9.17, 15) is 14.4 Å². The number of thioether (sulfide) groups is 1. The zero-order valence-electron chi connectivity index (χ0n) is 10.2. The van der Waals surface area contributed by atoms with Crippen LogP contribution in [0.15, 0.2) is 0 Å². The van der Waals surface area contributed by atoms with Crippen LogP contribution in [0.2, 0.25) is 0 Å². The van der Waals surface area contributed by atoms with Gasteiger partial charge in [0.05, 0.1) is 0 Å². The summed E-state index contributed by atoms with van der Waals surface area (Å²) < 4.78 is 0. The van der Waals surface area contributed by atoms with Crippen LogP contribution < -0.4 is 5.32 Å². The van der Waals surface area contributed by atoms with Crippen LogP contribution in [0.3, 0.4) is 0 Å². The van der Waals surface area contributed by atoms with Crippen molar-refractivity contribution in [3.63, 3.8) is 0 Å². The summed E-state index contributed by atoms with van der Waals surface area (Å²) in [5, 5.41) is 2.24. The Bertz CT molecular complexity index is 320. The van der Waals surface area contributed by atoms with Gasteiger partial charge in [-0.25, -0.2) is 4.79 Å². The fourth-order valence-electron chi connectivity index (χ4n) is 1.78. The average Bonchev–Trinajstić information content (AvgIpc) is 2.29. The molecule has 0 aromatic rings. The summed E-state index contributed by atoms with van der Waals surface area (Å²) in [4.78, 5) is 36.2. The number of urea groups is 1. The molecule has 1 aliphatic heterocycles. The van der Waals surface area contributed by atoms with E-state index in [4.69, 9.17) is 0 Å². The summed E-state index contributed by atoms with van der Waals surface area (Å²) in [6.07, 6.45) is 3.97. The second kappa shape index (κ2) is 6.64. The molecule has 0 radical (unpaired) electrons. The maximum atomic E-state index is 12.0. The molecule has 0 aromatic carbocycles. The molecule has 0 bridgehead atoms. The lowest BCUT2D eigenvalue weighted by molar-refractivity contribution is -0.142. The predicted octanol–water partition coefficient (Wildman–Crippen LogP) is 1.23. The van der Waals surface area contributed by atoms with Crippen molar-refractivity contribution >= 4 is 29.6 Å². The number of amides is 4. The Kier molecular flexibility index (Phi) is 5.47. The first kappa shape index (κ1) is 14.0. The quantitative estimate of drug-likeness (QED) is 0.575. The van der Waals surface area contributed by atoms with Crippen LogP contribution in [0.4, 0.5) is 4.79 Å². The zero-order valence-corrected chi connectivity index (χ0v) is 11.0. The van der Waals surface area contributed by atoms with Gasteiger partial charge in [-0.05, 0) is 24.9 Å². The Labute approximate surface area is 105 Å². The third-order valence-corrected chi connectivity index (χ3v) is 3.36. The number of carbonyl (C=O) groups excluding carboxylic acids is 3. The van der Waals surface area contributed by atoms with Crippen LogP contribution >= 0.6 is 11.8 Å². The van der Waals surface area contributed by atoms with E-state index < -0.39 is 17.9 Å². The van der Waals surface area contributed by atoms with Crippen molar-refractivity contribution in [1.82, 2.24) is 10.2 Å². The number of nitrogens with zero attached hydrogens (tertiary/aromatic N) is 1. The monoisotopic (exact) mass is 258 g/mol. The van der Waals surface area contributed by atoms with Crippen molar-refractivity contribution in [1.29, 1.82) is 0 Å². The second-order valence-electron chi connectivity index (χ2n) is 3.97. The highest BCUT2D eigenvalue weighted by Gasteiger charge is 2.39. The maximum Gasteiger partial charge on any atom is 0.330 e. The van der Waals surface area contributed by atoms with Crippen molar-refractivity contribution in [2.24, 2.45) is 5.92 Å². The third kappa shape index (κ3) is 3.46. The number of hydrogen-bond donors (Lipinski definition) is 1. The van der Waals surface area contributed by atoms with Crippen molar-refractivity contribution < 1.29 is 14.4 Å². The van der Waals surface area contributed by atoms with E-state index >= 15 is 0 Å². The summed E-state index contributed by atoms with van der Waals surface area (Å²) in [7, 11) is 0. The summed E-state index contributed by atoms with van der Waals surface area (Å²) in [5.74, 6) is -0.597. The molecule has 6 heteroatoms. The minimum Gasteiger partial charge on any atom is -0.277 e. The fraction of sp³-hybridized carbons (Fsp3) is 0.727. The first-order valence-corrected chi connectivity index (χ1v) is 7.16. The molecule has 0 aromatic heterocycles. The van der Waals surface area contributed by atoms with E-state index in [0.717, 1.165) is 23.5 Å². The Hall–Kier alpha value is -1.04. The number of imide groups is 2. The first-order valence-electron chi connectivity index (χ1n) is 5.77. The second-order valence-corrected chi connectivity index (χ2v) is 4.96. The predicted molar refractivity (Wildman–Crippen MR) is 66.6 cm³/mol. The van der Waals surface area contributed by atoms with Crippen molar-refractivity contribution in [2.45, 2.75) is 26.2 Å². The van der Waals surface area contributed by atoms with Crippen LogP contribution in [0.5, 0.6) is 0 Å². The third-order valence-electron chi connectivity index (χ3n) is 2.66. The van der Waals surface area contributed by atoms with Crippen molar-refractivity contribution in [3.05, 3.63) is 0 Å². The molecule has 0 spiro atoms. The largest absolute Gasteiger partial charge is 0.330 e. The molecule has 1 rings (SSSR count). The number of nitrogens with one attached hydrogen (secondary N) is 1. The van der Waals surface area contributed by atoms with Crippen LogP contribution in [0, 0.1) is 5.92 Å². The van der Waals surface area contributed by atoms with Gasteiger partial charge in [0.1, 0.15) is 5.92 Å². The molecule has 0 aliphatic carbocycles. The molecule has 1 heterocycles. The summed E-state index contributed by atoms with van der Waals surface area (Å²) in [6, 6.07) is -0.576. The fourth-order valence-corrected chi connectivity index (χ4v) is 2.20. The lowest BCUT2D eigenvalue weighted by Gasteiger charge is -2.29. The van der Waals surface area contributed by atoms with Crippen molar-refractivity contribution in [3.8, 4) is 0 Å². The molecule has 1 atom stereocenters. The van der Waals surface area contributed by atoms with Gasteiger partial charge in [0.15, 0.2) is 0 Å². The van der Waals surface area contributed by atoms with E-state index in [2.05, 4.69) is 5.32 Å². The molecule has 1 aliphatic rings. The molecule has 4 amide bonds. The van der Waals surface area contributed by atoms with Crippen LogP contribution in [0.1, 0.15) is 26.2 Å². The van der Waals surface area contributed by atoms with E-state index in [1.54, 1.807) is 11.8 Å². The Morgan fingerprint density at radius 3 is 2.65 bits per heavy atom. The molecule has 0 saturated carbocycles. The highest BCUT2D eigenvalue weighted by molar-refractivity contribution is 7.98. The van der Waals surface area contributed by atoms with E-state index in [-0.39, 0.29) is 5.91 Å². The molecule has 17 heavy (non-hydrogen) atoms. The molecular formula is C11H18N2O3S. The van der Waals surface area contributed by atoms with Gasteiger partial charge < -0.3 is 0 Å². The first-order chi connectivity index (χ1) is 8.11. The lowest BCUT2D eigenvalue weighted by atomic mass is 9.99. The summed E-state index contributed by atoms with van der Waals surface area (Å²) >= 11 is 1.67. The van der Waals surface area contributed by atoms with Gasteiger partial charge in [-0.1, -0.05) is 13.3 Å². The molecular weight excluding hydrogens is 240 g/mol. The van der Waals surface area contributed by atoms with Gasteiger partial charge in [0, 0.05) is 6.54 Å². The van der Waals surface area contributed by atoms with E-state index in [1.807, 2.05) is 13.2 Å². The Morgan fingerprint density at radius 2 is 2.06 bits per heavy atom. The molecule has 1 saturated heterocycles. The number of carbonyl (C=O) groups is 3. The maximum absolute atomic E-state index is 12.0. The van der Waals surface area contributed by atoms with Gasteiger partial charge in [0.25, 0.3) is 0 Å². The normalized spacial score (nSPS) is 20.7. The smallest absolute Gasteiger partial charge is 0.277 e. The molecule has 96 valence electrons. The van der Waals surface area contributed by atoms with Gasteiger partial charge in [-0.3, -0.25) is 19.8 Å². The number of barbiturate groups is 1. The number of hydrogen-bond acceptors (Lipinski definition) is 4. The van der Waals surface area contributed by atoms with Crippen LogP contribution in [-0.2, 0) is 9.59 Å². The summed E-state index contributed by atoms with van der Waals surface area (Å²) in [6.45, 7) is 2.30. The van der Waals surface area contributed by atoms with Gasteiger partial charge in [-0.15, -0.1) is 0 Å². The van der Waals surface area contributed by atoms with Crippen LogP contribution in [0.25, 0.3) is 0 Å². The molecule has 1 unspecified atom stereocenters. The number of rotatable bonds is 6. The Morgan fingerprint density at radius 1 is 1.35 bits per heavy atom. The Balaban J connectivity index is 2.65. The van der Waals surface area contributed by atoms with Gasteiger partial charge >= 0.3 is 6.03 Å². The zero-order chi connectivity index (χ0) is 12.8. The minimum absolute atomic E-state index is 0.346. The van der Waals surface area contributed by atoms with E-state index in [0.29, 0.717) is 13.0 Å². The minimum atomic E-state index is -0.688. The molecule has 1 N–H and O–H groups in total. The molecule has 1 fully saturated rings. The van der Waals surface area contributed by atoms with Crippen molar-refractivity contribution in [2.75, 3.05) is 18.6 Å².